The first kappa shape index (κ1) is 20.2. The van der Waals surface area contributed by atoms with Gasteiger partial charge in [0.1, 0.15) is 11.7 Å². The first-order chi connectivity index (χ1) is 13.9. The second-order valence-electron chi connectivity index (χ2n) is 6.96. The van der Waals surface area contributed by atoms with Gasteiger partial charge in [-0.3, -0.25) is 14.8 Å². The number of rotatable bonds is 7. The molecule has 150 valence electrons. The van der Waals surface area contributed by atoms with E-state index in [1.165, 1.54) is 7.11 Å². The largest absolute Gasteiger partial charge is 0.469 e. The molecule has 8 nitrogen and oxygen atoms in total. The molecular formula is C21H24N6O2. The van der Waals surface area contributed by atoms with Crippen molar-refractivity contribution in [2.24, 2.45) is 5.73 Å². The molecule has 3 N–H and O–H groups in total. The van der Waals surface area contributed by atoms with Crippen LogP contribution in [0.15, 0.2) is 42.6 Å². The van der Waals surface area contributed by atoms with Crippen molar-refractivity contribution in [2.75, 3.05) is 7.11 Å². The zero-order chi connectivity index (χ0) is 21.0. The van der Waals surface area contributed by atoms with E-state index in [0.717, 1.165) is 22.8 Å². The maximum absolute atomic E-state index is 11.4. The van der Waals surface area contributed by atoms with E-state index >= 15 is 0 Å². The van der Waals surface area contributed by atoms with Crippen LogP contribution < -0.4 is 5.73 Å². The van der Waals surface area contributed by atoms with Gasteiger partial charge < -0.3 is 10.5 Å². The molecule has 2 heterocycles. The SMILES string of the molecule is COC(=O)CCc1cn(-c2ccc(-c3ccc(C(=N)N)cc3)nn2)c(C(C)C)n1. The van der Waals surface area contributed by atoms with Gasteiger partial charge in [-0.05, 0) is 12.1 Å². The second-order valence-corrected chi connectivity index (χ2v) is 6.96. The fourth-order valence-corrected chi connectivity index (χ4v) is 2.92. The van der Waals surface area contributed by atoms with Crippen LogP contribution in [0.2, 0.25) is 0 Å². The summed E-state index contributed by atoms with van der Waals surface area (Å²) in [5.74, 6) is 1.47. The van der Waals surface area contributed by atoms with E-state index < -0.39 is 0 Å². The summed E-state index contributed by atoms with van der Waals surface area (Å²) < 4.78 is 6.61. The molecule has 29 heavy (non-hydrogen) atoms. The van der Waals surface area contributed by atoms with Crippen molar-refractivity contribution >= 4 is 11.8 Å². The molecule has 0 spiro atoms. The highest BCUT2D eigenvalue weighted by Crippen LogP contribution is 2.21. The number of imidazole rings is 1. The lowest BCUT2D eigenvalue weighted by Gasteiger charge is -2.09. The smallest absolute Gasteiger partial charge is 0.305 e. The topological polar surface area (TPSA) is 120 Å². The number of esters is 1. The minimum Gasteiger partial charge on any atom is -0.469 e. The Kier molecular flexibility index (Phi) is 6.01. The van der Waals surface area contributed by atoms with Crippen LogP contribution in [0.5, 0.6) is 0 Å². The lowest BCUT2D eigenvalue weighted by Crippen LogP contribution is -2.10. The lowest BCUT2D eigenvalue weighted by atomic mass is 10.1. The Hall–Kier alpha value is -3.55. The molecule has 0 atom stereocenters. The first-order valence-electron chi connectivity index (χ1n) is 9.33. The molecule has 0 bridgehead atoms. The fourth-order valence-electron chi connectivity index (χ4n) is 2.92. The third kappa shape index (κ3) is 4.66. The quantitative estimate of drug-likeness (QED) is 0.362. The Morgan fingerprint density at radius 1 is 1.17 bits per heavy atom. The van der Waals surface area contributed by atoms with E-state index in [0.29, 0.717) is 17.8 Å². The van der Waals surface area contributed by atoms with Gasteiger partial charge in [-0.25, -0.2) is 4.98 Å². The van der Waals surface area contributed by atoms with Gasteiger partial charge in [0.25, 0.3) is 0 Å². The van der Waals surface area contributed by atoms with Crippen molar-refractivity contribution < 1.29 is 9.53 Å². The molecule has 8 heteroatoms. The van der Waals surface area contributed by atoms with Gasteiger partial charge in [0.2, 0.25) is 0 Å². The van der Waals surface area contributed by atoms with Crippen molar-refractivity contribution in [2.45, 2.75) is 32.6 Å². The van der Waals surface area contributed by atoms with E-state index in [-0.39, 0.29) is 24.1 Å². The van der Waals surface area contributed by atoms with Gasteiger partial charge in [0, 0.05) is 29.7 Å². The van der Waals surface area contributed by atoms with Gasteiger partial charge in [-0.15, -0.1) is 10.2 Å². The summed E-state index contributed by atoms with van der Waals surface area (Å²) in [6.45, 7) is 4.11. The molecule has 1 aromatic carbocycles. The Morgan fingerprint density at radius 3 is 2.45 bits per heavy atom. The second kappa shape index (κ2) is 8.64. The fraction of sp³-hybridized carbons (Fsp3) is 0.286. The van der Waals surface area contributed by atoms with Crippen LogP contribution >= 0.6 is 0 Å². The number of carbonyl (C=O) groups excluding carboxylic acids is 1. The number of benzene rings is 1. The van der Waals surface area contributed by atoms with Gasteiger partial charge >= 0.3 is 5.97 Å². The summed E-state index contributed by atoms with van der Waals surface area (Å²) in [5, 5.41) is 16.2. The molecule has 0 aliphatic carbocycles. The molecule has 3 rings (SSSR count). The van der Waals surface area contributed by atoms with Crippen molar-refractivity contribution in [1.29, 1.82) is 5.41 Å². The zero-order valence-corrected chi connectivity index (χ0v) is 16.7. The standard InChI is InChI=1S/C21H24N6O2/c1-13(2)21-24-16(8-11-19(28)29-3)12-27(21)18-10-9-17(25-26-18)14-4-6-15(7-5-14)20(22)23/h4-7,9-10,12-13H,8,11H2,1-3H3,(H3,22,23). The highest BCUT2D eigenvalue weighted by Gasteiger charge is 2.15. The minimum absolute atomic E-state index is 0.0299. The molecular weight excluding hydrogens is 368 g/mol. The number of aryl methyl sites for hydroxylation is 1. The first-order valence-corrected chi connectivity index (χ1v) is 9.33. The van der Waals surface area contributed by atoms with Gasteiger partial charge in [-0.1, -0.05) is 38.1 Å². The van der Waals surface area contributed by atoms with Crippen LogP contribution in [-0.2, 0) is 16.0 Å². The maximum atomic E-state index is 11.4. The van der Waals surface area contributed by atoms with Crippen LogP contribution in [0.25, 0.3) is 17.1 Å². The van der Waals surface area contributed by atoms with E-state index in [2.05, 4.69) is 29.0 Å². The molecule has 2 aromatic heterocycles. The molecule has 0 saturated heterocycles. The number of aromatic nitrogens is 4. The molecule has 0 radical (unpaired) electrons. The van der Waals surface area contributed by atoms with E-state index in [1.807, 2.05) is 35.0 Å². The normalized spacial score (nSPS) is 10.9. The van der Waals surface area contributed by atoms with Crippen molar-refractivity contribution in [3.05, 3.63) is 59.7 Å². The maximum Gasteiger partial charge on any atom is 0.305 e. The Bertz CT molecular complexity index is 1010. The lowest BCUT2D eigenvalue weighted by molar-refractivity contribution is -0.140. The predicted octanol–water partition coefficient (Wildman–Crippen LogP) is 2.84. The number of nitrogens with one attached hydrogen (secondary N) is 1. The van der Waals surface area contributed by atoms with Crippen LogP contribution in [0, 0.1) is 5.41 Å². The number of methoxy groups -OCH3 is 1. The Labute approximate surface area is 169 Å². The molecule has 0 aliphatic rings. The van der Waals surface area contributed by atoms with Crippen molar-refractivity contribution in [1.82, 2.24) is 19.7 Å². The Morgan fingerprint density at radius 2 is 1.90 bits per heavy atom. The number of nitrogens with two attached hydrogens (primary N) is 1. The predicted molar refractivity (Wildman–Crippen MR) is 110 cm³/mol. The summed E-state index contributed by atoms with van der Waals surface area (Å²) in [6, 6.07) is 11.1. The molecule has 3 aromatic rings. The van der Waals surface area contributed by atoms with Gasteiger partial charge in [0.05, 0.1) is 24.9 Å². The van der Waals surface area contributed by atoms with Crippen molar-refractivity contribution in [3.63, 3.8) is 0 Å². The van der Waals surface area contributed by atoms with Gasteiger partial charge in [-0.2, -0.15) is 0 Å². The zero-order valence-electron chi connectivity index (χ0n) is 16.7. The number of carbonyl (C=O) groups is 1. The number of ether oxygens (including phenoxy) is 1. The molecule has 0 amide bonds. The van der Waals surface area contributed by atoms with Crippen LogP contribution in [0.3, 0.4) is 0 Å². The molecule has 0 aliphatic heterocycles. The number of hydrogen-bond acceptors (Lipinski definition) is 6. The molecule has 0 unspecified atom stereocenters. The number of hydrogen-bond donors (Lipinski definition) is 2. The summed E-state index contributed by atoms with van der Waals surface area (Å²) >= 11 is 0. The van der Waals surface area contributed by atoms with E-state index in [4.69, 9.17) is 15.9 Å². The summed E-state index contributed by atoms with van der Waals surface area (Å²) in [6.07, 6.45) is 2.68. The third-order valence-electron chi connectivity index (χ3n) is 4.50. The van der Waals surface area contributed by atoms with E-state index in [9.17, 15) is 4.79 Å². The third-order valence-corrected chi connectivity index (χ3v) is 4.50. The average molecular weight is 392 g/mol. The molecule has 0 saturated carbocycles. The number of amidine groups is 1. The molecule has 0 fully saturated rings. The van der Waals surface area contributed by atoms with Crippen LogP contribution in [0.1, 0.15) is 43.3 Å². The summed E-state index contributed by atoms with van der Waals surface area (Å²) in [4.78, 5) is 16.1. The highest BCUT2D eigenvalue weighted by atomic mass is 16.5. The van der Waals surface area contributed by atoms with Gasteiger partial charge in [0.15, 0.2) is 5.82 Å². The number of nitrogens with zero attached hydrogens (tertiary/aromatic N) is 4. The van der Waals surface area contributed by atoms with E-state index in [1.54, 1.807) is 12.1 Å². The minimum atomic E-state index is -0.259. The Balaban J connectivity index is 1.85. The van der Waals surface area contributed by atoms with Crippen molar-refractivity contribution in [3.8, 4) is 17.1 Å². The summed E-state index contributed by atoms with van der Waals surface area (Å²) in [7, 11) is 1.38. The van der Waals surface area contributed by atoms with Crippen LogP contribution in [-0.4, -0.2) is 38.7 Å². The summed E-state index contributed by atoms with van der Waals surface area (Å²) in [5.41, 5.74) is 8.58. The highest BCUT2D eigenvalue weighted by molar-refractivity contribution is 5.95. The van der Waals surface area contributed by atoms with Crippen LogP contribution in [0.4, 0.5) is 0 Å². The number of nitrogen functional groups attached to an aromatic ring is 1. The monoisotopic (exact) mass is 392 g/mol. The average Bonchev–Trinajstić information content (AvgIpc) is 3.17.